The van der Waals surface area contributed by atoms with Gasteiger partial charge in [-0.05, 0) is 12.8 Å². The molecule has 0 fully saturated rings. The van der Waals surface area contributed by atoms with Gasteiger partial charge in [0, 0.05) is 12.1 Å². The molecule has 1 aromatic carbocycles. The zero-order valence-corrected chi connectivity index (χ0v) is 6.17. The van der Waals surface area contributed by atoms with Crippen molar-refractivity contribution in [2.24, 2.45) is 4.99 Å². The highest BCUT2D eigenvalue weighted by Gasteiger charge is 1.97. The van der Waals surface area contributed by atoms with E-state index in [0.29, 0.717) is 11.4 Å². The third-order valence-electron chi connectivity index (χ3n) is 1.27. The predicted octanol–water partition coefficient (Wildman–Crippen LogP) is 2.17. The van der Waals surface area contributed by atoms with Gasteiger partial charge in [-0.25, -0.2) is 4.39 Å². The van der Waals surface area contributed by atoms with Gasteiger partial charge in [-0.15, -0.1) is 0 Å². The van der Waals surface area contributed by atoms with Crippen LogP contribution in [0, 0.1) is 5.82 Å². The summed E-state index contributed by atoms with van der Waals surface area (Å²) in [6, 6.07) is 4.18. The van der Waals surface area contributed by atoms with E-state index in [-0.39, 0.29) is 5.82 Å². The highest BCUT2D eigenvalue weighted by molar-refractivity contribution is 5.49. The first-order chi connectivity index (χ1) is 5.26. The van der Waals surface area contributed by atoms with Crippen LogP contribution in [0.4, 0.5) is 10.1 Å². The third kappa shape index (κ3) is 1.77. The highest BCUT2D eigenvalue weighted by atomic mass is 19.1. The molecule has 0 aromatic heterocycles. The molecule has 0 aliphatic rings. The van der Waals surface area contributed by atoms with Crippen LogP contribution in [0.2, 0.25) is 0 Å². The molecule has 0 atom stereocenters. The van der Waals surface area contributed by atoms with Gasteiger partial charge in [0.05, 0.1) is 12.8 Å². The second-order valence-electron chi connectivity index (χ2n) is 2.01. The summed E-state index contributed by atoms with van der Waals surface area (Å²) in [6.45, 7) is 3.28. The summed E-state index contributed by atoms with van der Waals surface area (Å²) in [5.41, 5.74) is 0.474. The Labute approximate surface area is 64.3 Å². The lowest BCUT2D eigenvalue weighted by Gasteiger charge is -1.99. The second kappa shape index (κ2) is 3.14. The smallest absolute Gasteiger partial charge is 0.129 e. The minimum absolute atomic E-state index is 0.369. The number of rotatable bonds is 2. The van der Waals surface area contributed by atoms with Gasteiger partial charge < -0.3 is 4.74 Å². The quantitative estimate of drug-likeness (QED) is 0.596. The molecular formula is C8H8FNO. The van der Waals surface area contributed by atoms with Crippen LogP contribution in [-0.4, -0.2) is 13.8 Å². The lowest BCUT2D eigenvalue weighted by Crippen LogP contribution is -1.83. The second-order valence-corrected chi connectivity index (χ2v) is 2.01. The normalized spacial score (nSPS) is 9.27. The molecule has 0 bridgehead atoms. The molecule has 11 heavy (non-hydrogen) atoms. The fourth-order valence-corrected chi connectivity index (χ4v) is 0.757. The summed E-state index contributed by atoms with van der Waals surface area (Å²) < 4.78 is 17.4. The molecule has 0 saturated heterocycles. The van der Waals surface area contributed by atoms with Gasteiger partial charge in [0.2, 0.25) is 0 Å². The van der Waals surface area contributed by atoms with Crippen molar-refractivity contribution in [1.82, 2.24) is 0 Å². The van der Waals surface area contributed by atoms with Crippen molar-refractivity contribution in [3.63, 3.8) is 0 Å². The molecule has 0 unspecified atom stereocenters. The average Bonchev–Trinajstić information content (AvgIpc) is 2.03. The van der Waals surface area contributed by atoms with E-state index in [9.17, 15) is 4.39 Å². The van der Waals surface area contributed by atoms with E-state index >= 15 is 0 Å². The summed E-state index contributed by atoms with van der Waals surface area (Å²) in [5.74, 6) is 0.0825. The summed E-state index contributed by atoms with van der Waals surface area (Å²) >= 11 is 0. The molecule has 2 nitrogen and oxygen atoms in total. The molecule has 0 spiro atoms. The number of ether oxygens (including phenoxy) is 1. The molecule has 1 aromatic rings. The number of methoxy groups -OCH3 is 1. The Morgan fingerprint density at radius 2 is 2.18 bits per heavy atom. The van der Waals surface area contributed by atoms with Crippen molar-refractivity contribution in [3.05, 3.63) is 24.0 Å². The predicted molar refractivity (Wildman–Crippen MR) is 42.2 cm³/mol. The topological polar surface area (TPSA) is 21.6 Å². The van der Waals surface area contributed by atoms with Crippen LogP contribution in [0.15, 0.2) is 23.2 Å². The van der Waals surface area contributed by atoms with Crippen molar-refractivity contribution in [1.29, 1.82) is 0 Å². The van der Waals surface area contributed by atoms with E-state index in [1.54, 1.807) is 6.07 Å². The van der Waals surface area contributed by atoms with Crippen LogP contribution in [-0.2, 0) is 0 Å². The Bertz CT molecular complexity index is 273. The van der Waals surface area contributed by atoms with Gasteiger partial charge in [-0.1, -0.05) is 0 Å². The molecule has 0 saturated carbocycles. The molecule has 0 aliphatic carbocycles. The number of benzene rings is 1. The molecule has 0 aliphatic heterocycles. The van der Waals surface area contributed by atoms with Crippen molar-refractivity contribution in [2.45, 2.75) is 0 Å². The van der Waals surface area contributed by atoms with Crippen LogP contribution in [0.25, 0.3) is 0 Å². The van der Waals surface area contributed by atoms with E-state index in [4.69, 9.17) is 4.74 Å². The summed E-state index contributed by atoms with van der Waals surface area (Å²) in [4.78, 5) is 3.57. The van der Waals surface area contributed by atoms with Crippen LogP contribution >= 0.6 is 0 Å². The van der Waals surface area contributed by atoms with Gasteiger partial charge in [-0.3, -0.25) is 4.99 Å². The maximum absolute atomic E-state index is 12.6. The Morgan fingerprint density at radius 3 is 2.73 bits per heavy atom. The van der Waals surface area contributed by atoms with Crippen LogP contribution in [0.5, 0.6) is 5.75 Å². The molecule has 3 heteroatoms. The standard InChI is InChI=1S/C8H8FNO/c1-10-7-3-6(9)4-8(5-7)11-2/h3-5H,1H2,2H3. The summed E-state index contributed by atoms with van der Waals surface area (Å²) in [6.07, 6.45) is 0. The lowest BCUT2D eigenvalue weighted by atomic mass is 10.3. The minimum Gasteiger partial charge on any atom is -0.497 e. The first-order valence-corrected chi connectivity index (χ1v) is 3.07. The molecular weight excluding hydrogens is 145 g/mol. The summed E-state index contributed by atoms with van der Waals surface area (Å²) in [5, 5.41) is 0. The van der Waals surface area contributed by atoms with Crippen LogP contribution < -0.4 is 4.74 Å². The fraction of sp³-hybridized carbons (Fsp3) is 0.125. The van der Waals surface area contributed by atoms with E-state index in [0.717, 1.165) is 0 Å². The van der Waals surface area contributed by atoms with Gasteiger partial charge in [0.1, 0.15) is 11.6 Å². The van der Waals surface area contributed by atoms with E-state index in [2.05, 4.69) is 11.7 Å². The molecule has 1 rings (SSSR count). The molecule has 0 heterocycles. The molecule has 0 radical (unpaired) electrons. The molecule has 0 N–H and O–H groups in total. The molecule has 58 valence electrons. The lowest BCUT2D eigenvalue weighted by molar-refractivity contribution is 0.411. The Balaban J connectivity index is 3.11. The van der Waals surface area contributed by atoms with Crippen LogP contribution in [0.1, 0.15) is 0 Å². The van der Waals surface area contributed by atoms with Crippen molar-refractivity contribution in [2.75, 3.05) is 7.11 Å². The van der Waals surface area contributed by atoms with Gasteiger partial charge in [-0.2, -0.15) is 0 Å². The molecule has 0 amide bonds. The number of halogens is 1. The Hall–Kier alpha value is -1.38. The Kier molecular flexibility index (Phi) is 2.21. The van der Waals surface area contributed by atoms with Crippen LogP contribution in [0.3, 0.4) is 0 Å². The van der Waals surface area contributed by atoms with E-state index in [1.807, 2.05) is 0 Å². The van der Waals surface area contributed by atoms with Gasteiger partial charge in [0.15, 0.2) is 0 Å². The minimum atomic E-state index is -0.369. The van der Waals surface area contributed by atoms with Crippen molar-refractivity contribution in [3.8, 4) is 5.75 Å². The zero-order valence-electron chi connectivity index (χ0n) is 6.17. The SMILES string of the molecule is C=Nc1cc(F)cc(OC)c1. The van der Waals surface area contributed by atoms with Gasteiger partial charge in [0.25, 0.3) is 0 Å². The number of hydrogen-bond acceptors (Lipinski definition) is 2. The van der Waals surface area contributed by atoms with Gasteiger partial charge >= 0.3 is 0 Å². The Morgan fingerprint density at radius 1 is 1.45 bits per heavy atom. The average molecular weight is 153 g/mol. The van der Waals surface area contributed by atoms with Crippen molar-refractivity contribution >= 4 is 12.4 Å². The van der Waals surface area contributed by atoms with E-state index < -0.39 is 0 Å². The zero-order chi connectivity index (χ0) is 8.27. The first-order valence-electron chi connectivity index (χ1n) is 3.07. The van der Waals surface area contributed by atoms with E-state index in [1.165, 1.54) is 19.2 Å². The maximum atomic E-state index is 12.6. The maximum Gasteiger partial charge on any atom is 0.129 e. The third-order valence-corrected chi connectivity index (χ3v) is 1.27. The largest absolute Gasteiger partial charge is 0.497 e. The number of aliphatic imine (C=N–C) groups is 1. The first kappa shape index (κ1) is 7.72. The highest BCUT2D eigenvalue weighted by Crippen LogP contribution is 2.21. The summed E-state index contributed by atoms with van der Waals surface area (Å²) in [7, 11) is 1.47. The number of nitrogens with zero attached hydrogens (tertiary/aromatic N) is 1. The number of hydrogen-bond donors (Lipinski definition) is 0. The fourth-order valence-electron chi connectivity index (χ4n) is 0.757. The monoisotopic (exact) mass is 153 g/mol. The van der Waals surface area contributed by atoms with Crippen molar-refractivity contribution < 1.29 is 9.13 Å².